The van der Waals surface area contributed by atoms with Crippen LogP contribution in [0.15, 0.2) is 27.4 Å². The Hall–Kier alpha value is -1.97. The van der Waals surface area contributed by atoms with Crippen LogP contribution in [0.3, 0.4) is 0 Å². The molecule has 0 saturated heterocycles. The third-order valence-electron chi connectivity index (χ3n) is 4.22. The van der Waals surface area contributed by atoms with Gasteiger partial charge in [0.1, 0.15) is 23.2 Å². The maximum absolute atomic E-state index is 12.2. The van der Waals surface area contributed by atoms with Crippen molar-refractivity contribution in [3.8, 4) is 11.5 Å². The molecule has 4 rings (SSSR count). The molecule has 2 unspecified atom stereocenters. The van der Waals surface area contributed by atoms with Gasteiger partial charge in [0.05, 0.1) is 10.9 Å². The molecule has 1 fully saturated rings. The minimum Gasteiger partial charge on any atom is -0.508 e. The van der Waals surface area contributed by atoms with Crippen LogP contribution in [-0.4, -0.2) is 11.2 Å². The van der Waals surface area contributed by atoms with Gasteiger partial charge < -0.3 is 14.3 Å². The second-order valence-corrected chi connectivity index (χ2v) is 5.36. The molecule has 1 aromatic heterocycles. The van der Waals surface area contributed by atoms with Crippen LogP contribution in [0.1, 0.15) is 37.2 Å². The van der Waals surface area contributed by atoms with Crippen molar-refractivity contribution in [2.24, 2.45) is 0 Å². The third kappa shape index (κ3) is 1.49. The number of rotatable bonds is 0. The van der Waals surface area contributed by atoms with Crippen LogP contribution in [0.5, 0.6) is 11.5 Å². The first-order valence-corrected chi connectivity index (χ1v) is 6.70. The molecule has 1 N–H and O–H groups in total. The van der Waals surface area contributed by atoms with E-state index in [-0.39, 0.29) is 23.4 Å². The fraction of sp³-hybridized carbons (Fsp3) is 0.400. The zero-order valence-corrected chi connectivity index (χ0v) is 10.4. The highest BCUT2D eigenvalue weighted by atomic mass is 16.5. The smallest absolute Gasteiger partial charge is 0.343 e. The van der Waals surface area contributed by atoms with E-state index in [0.29, 0.717) is 16.9 Å². The molecule has 0 amide bonds. The molecule has 1 saturated carbocycles. The fourth-order valence-corrected chi connectivity index (χ4v) is 3.34. The molecule has 2 atom stereocenters. The van der Waals surface area contributed by atoms with E-state index in [1.54, 1.807) is 12.1 Å². The topological polar surface area (TPSA) is 59.7 Å². The molecule has 19 heavy (non-hydrogen) atoms. The van der Waals surface area contributed by atoms with Gasteiger partial charge in [-0.25, -0.2) is 4.79 Å². The fourth-order valence-electron chi connectivity index (χ4n) is 3.34. The summed E-state index contributed by atoms with van der Waals surface area (Å²) in [6.45, 7) is 0. The molecular formula is C15H14O4. The van der Waals surface area contributed by atoms with Crippen molar-refractivity contribution in [3.05, 3.63) is 34.2 Å². The molecule has 2 aromatic rings. The highest BCUT2D eigenvalue weighted by Gasteiger charge is 2.40. The number of hydrogen-bond donors (Lipinski definition) is 1. The summed E-state index contributed by atoms with van der Waals surface area (Å²) in [5.41, 5.74) is 0.771. The summed E-state index contributed by atoms with van der Waals surface area (Å²) < 4.78 is 11.3. The van der Waals surface area contributed by atoms with Gasteiger partial charge in [-0.15, -0.1) is 0 Å². The Morgan fingerprint density at radius 1 is 1.21 bits per heavy atom. The number of ether oxygens (including phenoxy) is 1. The van der Waals surface area contributed by atoms with Gasteiger partial charge >= 0.3 is 5.63 Å². The van der Waals surface area contributed by atoms with E-state index in [1.165, 1.54) is 6.07 Å². The number of benzene rings is 1. The normalized spacial score (nSPS) is 24.8. The Morgan fingerprint density at radius 2 is 2.05 bits per heavy atom. The Balaban J connectivity index is 2.00. The van der Waals surface area contributed by atoms with Crippen LogP contribution in [0.4, 0.5) is 0 Å². The van der Waals surface area contributed by atoms with E-state index < -0.39 is 0 Å². The number of fused-ring (bicyclic) bond motifs is 5. The molecule has 2 aliphatic rings. The molecule has 0 spiro atoms. The Labute approximate surface area is 109 Å². The maximum atomic E-state index is 12.2. The minimum absolute atomic E-state index is 0.0889. The number of phenols is 1. The van der Waals surface area contributed by atoms with E-state index in [9.17, 15) is 9.90 Å². The second kappa shape index (κ2) is 3.76. The number of hydrogen-bond acceptors (Lipinski definition) is 4. The minimum atomic E-state index is -0.317. The Bertz CT molecular complexity index is 716. The van der Waals surface area contributed by atoms with Gasteiger partial charge in [-0.05, 0) is 31.4 Å². The maximum Gasteiger partial charge on any atom is 0.343 e. The highest BCUT2D eigenvalue weighted by molar-refractivity contribution is 5.86. The van der Waals surface area contributed by atoms with Crippen LogP contribution in [-0.2, 0) is 0 Å². The number of aromatic hydroxyl groups is 1. The van der Waals surface area contributed by atoms with E-state index in [2.05, 4.69) is 0 Å². The van der Waals surface area contributed by atoms with E-state index in [0.717, 1.165) is 31.1 Å². The Morgan fingerprint density at radius 3 is 2.95 bits per heavy atom. The lowest BCUT2D eigenvalue weighted by Gasteiger charge is -2.23. The van der Waals surface area contributed by atoms with E-state index >= 15 is 0 Å². The molecule has 98 valence electrons. The Kier molecular flexibility index (Phi) is 2.16. The predicted octanol–water partition coefficient (Wildman–Crippen LogP) is 2.92. The quantitative estimate of drug-likeness (QED) is 0.738. The summed E-state index contributed by atoms with van der Waals surface area (Å²) in [4.78, 5) is 12.2. The molecule has 1 aliphatic heterocycles. The van der Waals surface area contributed by atoms with Gasteiger partial charge in [-0.2, -0.15) is 0 Å². The third-order valence-corrected chi connectivity index (χ3v) is 4.22. The summed E-state index contributed by atoms with van der Waals surface area (Å²) in [5, 5.41) is 10.3. The summed E-state index contributed by atoms with van der Waals surface area (Å²) >= 11 is 0. The van der Waals surface area contributed by atoms with Gasteiger partial charge in [0.25, 0.3) is 0 Å². The van der Waals surface area contributed by atoms with E-state index in [1.807, 2.05) is 0 Å². The zero-order valence-electron chi connectivity index (χ0n) is 10.4. The van der Waals surface area contributed by atoms with Crippen molar-refractivity contribution in [3.63, 3.8) is 0 Å². The monoisotopic (exact) mass is 258 g/mol. The first kappa shape index (κ1) is 10.9. The lowest BCUT2D eigenvalue weighted by Crippen LogP contribution is -2.24. The molecule has 0 bridgehead atoms. The van der Waals surface area contributed by atoms with E-state index in [4.69, 9.17) is 9.15 Å². The van der Waals surface area contributed by atoms with Gasteiger partial charge in [-0.3, -0.25) is 0 Å². The van der Waals surface area contributed by atoms with Crippen LogP contribution in [0, 0.1) is 0 Å². The van der Waals surface area contributed by atoms with Gasteiger partial charge in [0, 0.05) is 12.0 Å². The lowest BCUT2D eigenvalue weighted by atomic mass is 9.84. The van der Waals surface area contributed by atoms with Crippen molar-refractivity contribution in [1.29, 1.82) is 0 Å². The molecule has 1 aliphatic carbocycles. The molecule has 4 heteroatoms. The molecule has 1 aromatic carbocycles. The first-order valence-electron chi connectivity index (χ1n) is 6.70. The summed E-state index contributed by atoms with van der Waals surface area (Å²) in [6.07, 6.45) is 4.40. The average Bonchev–Trinajstić information content (AvgIpc) is 2.78. The predicted molar refractivity (Wildman–Crippen MR) is 69.8 cm³/mol. The average molecular weight is 258 g/mol. The van der Waals surface area contributed by atoms with Crippen molar-refractivity contribution in [2.75, 3.05) is 0 Å². The molecule has 2 heterocycles. The van der Waals surface area contributed by atoms with Crippen LogP contribution >= 0.6 is 0 Å². The molecule has 4 nitrogen and oxygen atoms in total. The van der Waals surface area contributed by atoms with Crippen LogP contribution in [0.2, 0.25) is 0 Å². The van der Waals surface area contributed by atoms with Crippen molar-refractivity contribution < 1.29 is 14.3 Å². The van der Waals surface area contributed by atoms with Crippen molar-refractivity contribution >= 4 is 11.0 Å². The zero-order chi connectivity index (χ0) is 13.0. The van der Waals surface area contributed by atoms with Gasteiger partial charge in [0.2, 0.25) is 0 Å². The first-order chi connectivity index (χ1) is 9.24. The molecule has 0 radical (unpaired) electrons. The standard InChI is InChI=1S/C15H14O4/c16-8-5-6-10-12(7-8)19-15(17)13-9-3-1-2-4-11(9)18-14(10)13/h5-7,9,11,16H,1-4H2. The lowest BCUT2D eigenvalue weighted by molar-refractivity contribution is 0.165. The molecular weight excluding hydrogens is 244 g/mol. The summed E-state index contributed by atoms with van der Waals surface area (Å²) in [7, 11) is 0. The number of phenolic OH excluding ortho intramolecular Hbond substituents is 1. The summed E-state index contributed by atoms with van der Waals surface area (Å²) in [6, 6.07) is 4.81. The van der Waals surface area contributed by atoms with Gasteiger partial charge in [-0.1, -0.05) is 6.42 Å². The van der Waals surface area contributed by atoms with Crippen molar-refractivity contribution in [2.45, 2.75) is 37.7 Å². The van der Waals surface area contributed by atoms with Crippen molar-refractivity contribution in [1.82, 2.24) is 0 Å². The van der Waals surface area contributed by atoms with Crippen LogP contribution in [0.25, 0.3) is 11.0 Å². The summed E-state index contributed by atoms with van der Waals surface area (Å²) in [5.74, 6) is 0.937. The SMILES string of the molecule is O=c1oc2cc(O)ccc2c2c1C1CCCCC1O2. The largest absolute Gasteiger partial charge is 0.508 e. The highest BCUT2D eigenvalue weighted by Crippen LogP contribution is 2.46. The second-order valence-electron chi connectivity index (χ2n) is 5.36. The van der Waals surface area contributed by atoms with Crippen LogP contribution < -0.4 is 10.4 Å². The van der Waals surface area contributed by atoms with Gasteiger partial charge in [0.15, 0.2) is 0 Å².